The average Bonchev–Trinajstić information content (AvgIpc) is 2.76. The maximum atomic E-state index is 11.3. The van der Waals surface area contributed by atoms with Gasteiger partial charge in [0.15, 0.2) is 9.84 Å². The highest BCUT2D eigenvalue weighted by atomic mass is 79.9. The molecule has 1 heterocycles. The third-order valence-corrected chi connectivity index (χ3v) is 5.71. The minimum Gasteiger partial charge on any atom is -0.491 e. The van der Waals surface area contributed by atoms with Crippen LogP contribution in [0, 0.1) is 5.92 Å². The molecule has 1 aromatic rings. The fraction of sp³-hybridized carbons (Fsp3) is 0.571. The van der Waals surface area contributed by atoms with E-state index in [-0.39, 0.29) is 24.0 Å². The Morgan fingerprint density at radius 2 is 2.29 bits per heavy atom. The van der Waals surface area contributed by atoms with Crippen LogP contribution in [0.5, 0.6) is 5.75 Å². The Bertz CT molecular complexity index is 564. The Labute approximate surface area is 133 Å². The molecule has 7 heteroatoms. The van der Waals surface area contributed by atoms with Gasteiger partial charge in [0.1, 0.15) is 18.5 Å². The van der Waals surface area contributed by atoms with Gasteiger partial charge >= 0.3 is 0 Å². The number of ether oxygens (including phenoxy) is 1. The molecule has 1 saturated heterocycles. The molecular weight excluding hydrogens is 358 g/mol. The van der Waals surface area contributed by atoms with Crippen molar-refractivity contribution < 1.29 is 18.3 Å². The molecule has 2 atom stereocenters. The SMILES string of the molecule is O=S1(=O)CCC(CNCC(O)COc2cccc(Br)c2)C1. The molecule has 0 saturated carbocycles. The first kappa shape index (κ1) is 16.7. The van der Waals surface area contributed by atoms with Crippen LogP contribution >= 0.6 is 15.9 Å². The van der Waals surface area contributed by atoms with Crippen molar-refractivity contribution in [3.05, 3.63) is 28.7 Å². The highest BCUT2D eigenvalue weighted by Crippen LogP contribution is 2.18. The second-order valence-corrected chi connectivity index (χ2v) is 8.49. The van der Waals surface area contributed by atoms with Crippen LogP contribution in [0.15, 0.2) is 28.7 Å². The molecule has 0 radical (unpaired) electrons. The fourth-order valence-corrected chi connectivity index (χ4v) is 4.54. The maximum Gasteiger partial charge on any atom is 0.150 e. The maximum absolute atomic E-state index is 11.3. The molecule has 2 rings (SSSR count). The largest absolute Gasteiger partial charge is 0.491 e. The number of hydrogen-bond donors (Lipinski definition) is 2. The molecule has 2 N–H and O–H groups in total. The van der Waals surface area contributed by atoms with Gasteiger partial charge in [-0.3, -0.25) is 0 Å². The van der Waals surface area contributed by atoms with Crippen LogP contribution in [0.4, 0.5) is 0 Å². The summed E-state index contributed by atoms with van der Waals surface area (Å²) in [6.45, 7) is 1.21. The third-order valence-electron chi connectivity index (χ3n) is 3.38. The number of rotatable bonds is 7. The smallest absolute Gasteiger partial charge is 0.150 e. The average molecular weight is 378 g/mol. The number of benzene rings is 1. The molecule has 21 heavy (non-hydrogen) atoms. The van der Waals surface area contributed by atoms with Crippen molar-refractivity contribution in [2.75, 3.05) is 31.2 Å². The van der Waals surface area contributed by atoms with Crippen molar-refractivity contribution in [2.24, 2.45) is 5.92 Å². The van der Waals surface area contributed by atoms with E-state index in [1.165, 1.54) is 0 Å². The molecule has 1 fully saturated rings. The molecule has 118 valence electrons. The van der Waals surface area contributed by atoms with E-state index in [2.05, 4.69) is 21.2 Å². The van der Waals surface area contributed by atoms with Crippen molar-refractivity contribution in [2.45, 2.75) is 12.5 Å². The lowest BCUT2D eigenvalue weighted by Crippen LogP contribution is -2.34. The van der Waals surface area contributed by atoms with Crippen LogP contribution in [-0.4, -0.2) is 50.8 Å². The van der Waals surface area contributed by atoms with Crippen molar-refractivity contribution in [3.8, 4) is 5.75 Å². The molecule has 1 aliphatic rings. The standard InChI is InChI=1S/C14H20BrNO4S/c15-12-2-1-3-14(6-12)20-9-13(17)8-16-7-11-4-5-21(18,19)10-11/h1-3,6,11,13,16-17H,4-5,7-10H2. The molecule has 2 unspecified atom stereocenters. The van der Waals surface area contributed by atoms with Crippen LogP contribution in [0.2, 0.25) is 0 Å². The van der Waals surface area contributed by atoms with Gasteiger partial charge in [-0.2, -0.15) is 0 Å². The zero-order valence-electron chi connectivity index (χ0n) is 11.7. The molecule has 0 aliphatic carbocycles. The highest BCUT2D eigenvalue weighted by Gasteiger charge is 2.27. The van der Waals surface area contributed by atoms with E-state index in [9.17, 15) is 13.5 Å². The Morgan fingerprint density at radius 3 is 2.95 bits per heavy atom. The van der Waals surface area contributed by atoms with Gasteiger partial charge in [0.25, 0.3) is 0 Å². The minimum absolute atomic E-state index is 0.160. The summed E-state index contributed by atoms with van der Waals surface area (Å²) in [5.74, 6) is 1.40. The van der Waals surface area contributed by atoms with Gasteiger partial charge in [-0.15, -0.1) is 0 Å². The lowest BCUT2D eigenvalue weighted by atomic mass is 10.1. The number of hydrogen-bond acceptors (Lipinski definition) is 5. The van der Waals surface area contributed by atoms with Gasteiger partial charge in [-0.05, 0) is 37.1 Å². The lowest BCUT2D eigenvalue weighted by Gasteiger charge is -2.15. The summed E-state index contributed by atoms with van der Waals surface area (Å²) < 4.78 is 29.1. The van der Waals surface area contributed by atoms with Gasteiger partial charge in [0, 0.05) is 11.0 Å². The molecule has 1 aromatic carbocycles. The first-order chi connectivity index (χ1) is 9.94. The first-order valence-electron chi connectivity index (χ1n) is 6.92. The van der Waals surface area contributed by atoms with E-state index in [1.54, 1.807) is 0 Å². The monoisotopic (exact) mass is 377 g/mol. The number of aliphatic hydroxyl groups is 1. The third kappa shape index (κ3) is 5.94. The number of halogens is 1. The summed E-state index contributed by atoms with van der Waals surface area (Å²) in [4.78, 5) is 0. The minimum atomic E-state index is -2.83. The van der Waals surface area contributed by atoms with Gasteiger partial charge in [-0.25, -0.2) is 8.42 Å². The highest BCUT2D eigenvalue weighted by molar-refractivity contribution is 9.10. The molecular formula is C14H20BrNO4S. The van der Waals surface area contributed by atoms with Crippen molar-refractivity contribution in [3.63, 3.8) is 0 Å². The summed E-state index contributed by atoms with van der Waals surface area (Å²) in [6.07, 6.45) is 0.0851. The van der Waals surface area contributed by atoms with Gasteiger partial charge in [-0.1, -0.05) is 22.0 Å². The van der Waals surface area contributed by atoms with Gasteiger partial charge in [0.2, 0.25) is 0 Å². The summed E-state index contributed by atoms with van der Waals surface area (Å²) in [7, 11) is -2.83. The quantitative estimate of drug-likeness (QED) is 0.746. The van der Waals surface area contributed by atoms with Crippen LogP contribution in [0.3, 0.4) is 0 Å². The Kier molecular flexibility index (Phi) is 6.04. The van der Waals surface area contributed by atoms with Crippen LogP contribution in [-0.2, 0) is 9.84 Å². The van der Waals surface area contributed by atoms with Crippen molar-refractivity contribution in [1.82, 2.24) is 5.32 Å². The van der Waals surface area contributed by atoms with Crippen molar-refractivity contribution >= 4 is 25.8 Å². The van der Waals surface area contributed by atoms with E-state index in [1.807, 2.05) is 24.3 Å². The Balaban J connectivity index is 1.63. The molecule has 0 bridgehead atoms. The molecule has 0 aromatic heterocycles. The van der Waals surface area contributed by atoms with E-state index >= 15 is 0 Å². The first-order valence-corrected chi connectivity index (χ1v) is 9.53. The predicted octanol–water partition coefficient (Wildman–Crippen LogP) is 1.21. The van der Waals surface area contributed by atoms with Crippen LogP contribution in [0.1, 0.15) is 6.42 Å². The second-order valence-electron chi connectivity index (χ2n) is 5.35. The topological polar surface area (TPSA) is 75.6 Å². The van der Waals surface area contributed by atoms with Crippen molar-refractivity contribution in [1.29, 1.82) is 0 Å². The summed E-state index contributed by atoms with van der Waals surface area (Å²) in [6, 6.07) is 7.43. The summed E-state index contributed by atoms with van der Waals surface area (Å²) >= 11 is 3.35. The summed E-state index contributed by atoms with van der Waals surface area (Å²) in [5, 5.41) is 12.9. The lowest BCUT2D eigenvalue weighted by molar-refractivity contribution is 0.105. The predicted molar refractivity (Wildman–Crippen MR) is 85.3 cm³/mol. The van der Waals surface area contributed by atoms with E-state index in [0.717, 1.165) is 4.47 Å². The zero-order chi connectivity index (χ0) is 15.3. The number of nitrogens with one attached hydrogen (secondary N) is 1. The summed E-state index contributed by atoms with van der Waals surface area (Å²) in [5.41, 5.74) is 0. The van der Waals surface area contributed by atoms with E-state index in [0.29, 0.717) is 25.3 Å². The fourth-order valence-electron chi connectivity index (χ4n) is 2.30. The van der Waals surface area contributed by atoms with E-state index in [4.69, 9.17) is 4.74 Å². The van der Waals surface area contributed by atoms with E-state index < -0.39 is 15.9 Å². The molecule has 5 nitrogen and oxygen atoms in total. The van der Waals surface area contributed by atoms with Crippen LogP contribution in [0.25, 0.3) is 0 Å². The Morgan fingerprint density at radius 1 is 1.48 bits per heavy atom. The second kappa shape index (κ2) is 7.58. The Hall–Kier alpha value is -0.630. The molecule has 0 spiro atoms. The number of aliphatic hydroxyl groups excluding tert-OH is 1. The van der Waals surface area contributed by atoms with Gasteiger partial charge < -0.3 is 15.2 Å². The normalized spacial score (nSPS) is 22.1. The van der Waals surface area contributed by atoms with Gasteiger partial charge in [0.05, 0.1) is 11.5 Å². The van der Waals surface area contributed by atoms with Crippen LogP contribution < -0.4 is 10.1 Å². The zero-order valence-corrected chi connectivity index (χ0v) is 14.1. The molecule has 1 aliphatic heterocycles. The molecule has 0 amide bonds. The number of sulfone groups is 1.